The summed E-state index contributed by atoms with van der Waals surface area (Å²) < 4.78 is 21.8. The predicted octanol–water partition coefficient (Wildman–Crippen LogP) is 20.8. The van der Waals surface area contributed by atoms with Gasteiger partial charge in [-0.3, -0.25) is 0 Å². The zero-order valence-corrected chi connectivity index (χ0v) is 69.9. The van der Waals surface area contributed by atoms with E-state index in [9.17, 15) is 0 Å². The lowest BCUT2D eigenvalue weighted by Crippen LogP contribution is -2.60. The van der Waals surface area contributed by atoms with Gasteiger partial charge in [0.25, 0.3) is 20.1 Å². The maximum absolute atomic E-state index is 7.27. The molecule has 12 aromatic carbocycles. The van der Waals surface area contributed by atoms with Gasteiger partial charge in [-0.05, 0) is 263 Å². The highest BCUT2D eigenvalue weighted by molar-refractivity contribution is 7.01. The number of benzene rings is 12. The highest BCUT2D eigenvalue weighted by Gasteiger charge is 2.48. The van der Waals surface area contributed by atoms with E-state index >= 15 is 0 Å². The fourth-order valence-corrected chi connectivity index (χ4v) is 18.1. The monoisotopic (exact) mass is 1490 g/mol. The molecule has 0 saturated heterocycles. The molecule has 12 heteroatoms. The van der Waals surface area contributed by atoms with Crippen LogP contribution < -0.4 is 78.1 Å². The van der Waals surface area contributed by atoms with Gasteiger partial charge in [-0.25, -0.2) is 15.0 Å². The van der Waals surface area contributed by atoms with Crippen LogP contribution in [0.1, 0.15) is 175 Å². The molecular weight excluding hydrogens is 1390 g/mol. The van der Waals surface area contributed by atoms with E-state index in [0.29, 0.717) is 17.5 Å². The first-order valence-corrected chi connectivity index (χ1v) is 40.8. The Bertz CT molecular complexity index is 5610. The Morgan fingerprint density at radius 2 is 0.474 bits per heavy atom. The molecule has 13 aromatic rings. The molecule has 0 spiro atoms. The van der Waals surface area contributed by atoms with Crippen molar-refractivity contribution in [2.24, 2.45) is 0 Å². The Hall–Kier alpha value is -11.4. The van der Waals surface area contributed by atoms with Crippen LogP contribution in [-0.2, 0) is 32.5 Å². The first-order chi connectivity index (χ1) is 54.0. The maximum Gasteiger partial charge on any atom is 0.256 e. The first-order valence-electron chi connectivity index (χ1n) is 40.8. The van der Waals surface area contributed by atoms with E-state index < -0.39 is 0 Å². The van der Waals surface area contributed by atoms with Crippen molar-refractivity contribution >= 4 is 120 Å². The molecular formula is C102H99B3N6O3. The van der Waals surface area contributed by atoms with E-state index in [2.05, 4.69) is 378 Å². The second-order valence-electron chi connectivity index (χ2n) is 39.2. The third-order valence-corrected chi connectivity index (χ3v) is 24.8. The Morgan fingerprint density at radius 3 is 0.711 bits per heavy atom. The number of anilines is 9. The summed E-state index contributed by atoms with van der Waals surface area (Å²) in [4.78, 5) is 25.0. The van der Waals surface area contributed by atoms with Gasteiger partial charge in [-0.2, -0.15) is 0 Å². The molecule has 6 aliphatic heterocycles. The molecule has 0 bridgehead atoms. The van der Waals surface area contributed by atoms with E-state index in [1.54, 1.807) is 0 Å². The molecule has 0 fully saturated rings. The van der Waals surface area contributed by atoms with Crippen LogP contribution in [0, 0.1) is 20.8 Å². The van der Waals surface area contributed by atoms with Gasteiger partial charge < -0.3 is 28.9 Å². The number of hydrogen-bond donors (Lipinski definition) is 0. The largest absolute Gasteiger partial charge is 0.458 e. The molecule has 0 unspecified atom stereocenters. The van der Waals surface area contributed by atoms with E-state index in [4.69, 9.17) is 29.2 Å². The van der Waals surface area contributed by atoms with Gasteiger partial charge in [0.2, 0.25) is 0 Å². The molecule has 0 N–H and O–H groups in total. The SMILES string of the molecule is Cc1ccc(N2c3ccc(-c4nc(-c5ccc6c(c5)B5c7cc(C(C)(C)C)ccc7Oc7cc(C(C)(C)C)cc(c75)N6c5ccc(C)cc5)nc(-c5ccc6c(c5)B5c7cc(C(C)(C)C)ccc7Oc7cc(C(C)(C)C)cc(c75)N6c5ccc(C)cc5)n4)cc3B3c4cc(C(C)(C)C)ccc4Oc4cc(C(C)(C)C)cc2c43)cc1. The number of nitrogens with zero attached hydrogens (tertiary/aromatic N) is 6. The lowest BCUT2D eigenvalue weighted by Gasteiger charge is -2.41. The summed E-state index contributed by atoms with van der Waals surface area (Å²) in [6, 6.07) is 82.5. The van der Waals surface area contributed by atoms with Crippen LogP contribution in [0.4, 0.5) is 51.2 Å². The quantitative estimate of drug-likeness (QED) is 0.151. The third-order valence-electron chi connectivity index (χ3n) is 24.8. The highest BCUT2D eigenvalue weighted by atomic mass is 16.5. The minimum atomic E-state index is -0.219. The van der Waals surface area contributed by atoms with E-state index in [-0.39, 0.29) is 52.6 Å². The average Bonchev–Trinajstić information content (AvgIpc) is 0.713. The third kappa shape index (κ3) is 12.0. The zero-order chi connectivity index (χ0) is 79.7. The predicted molar refractivity (Wildman–Crippen MR) is 480 cm³/mol. The van der Waals surface area contributed by atoms with Crippen molar-refractivity contribution < 1.29 is 14.2 Å². The van der Waals surface area contributed by atoms with Gasteiger partial charge in [0.15, 0.2) is 17.5 Å². The molecule has 0 atom stereocenters. The Labute approximate surface area is 675 Å². The van der Waals surface area contributed by atoms with Crippen LogP contribution in [0.2, 0.25) is 0 Å². The van der Waals surface area contributed by atoms with Crippen molar-refractivity contribution in [3.8, 4) is 68.7 Å². The second-order valence-corrected chi connectivity index (χ2v) is 39.2. The molecule has 0 saturated carbocycles. The van der Waals surface area contributed by atoms with Crippen molar-refractivity contribution in [1.29, 1.82) is 0 Å². The van der Waals surface area contributed by atoms with Crippen LogP contribution in [0.3, 0.4) is 0 Å². The van der Waals surface area contributed by atoms with Gasteiger partial charge in [-0.15, -0.1) is 0 Å². The lowest BCUT2D eigenvalue weighted by atomic mass is 9.33. The number of ether oxygens (including phenoxy) is 3. The standard InChI is InChI=1S/C102H99B3N6O3/c1-58-22-34-70(35-23-58)109-79-40-28-61(46-73(79)103-76-49-64(97(4,5)6)31-43-85(76)112-88-55-67(100(13,14)15)52-82(109)91(88)103)94-106-95(62-29-41-80-74(47-62)104-77-50-65(98(7,8)9)32-44-86(77)113-89-56-68(101(16,17)18)53-83(92(89)104)110(80)71-36-24-59(2)25-37-71)108-96(107-94)63-30-42-81-75(48-63)105-78-51-66(99(10,11)12)33-45-87(78)114-90-57-69(102(19,20)21)54-84(93(90)105)111(81)72-38-26-60(3)27-39-72/h22-57H,1-21H3. The number of aryl methyl sites for hydroxylation is 3. The van der Waals surface area contributed by atoms with Crippen LogP contribution in [-0.4, -0.2) is 35.1 Å². The topological polar surface area (TPSA) is 76.1 Å². The van der Waals surface area contributed by atoms with Crippen molar-refractivity contribution in [3.05, 3.63) is 268 Å². The second kappa shape index (κ2) is 25.3. The molecule has 9 nitrogen and oxygen atoms in total. The number of aromatic nitrogens is 3. The van der Waals surface area contributed by atoms with Gasteiger partial charge in [0, 0.05) is 67.9 Å². The van der Waals surface area contributed by atoms with Crippen molar-refractivity contribution in [2.45, 2.75) is 178 Å². The molecule has 564 valence electrons. The summed E-state index contributed by atoms with van der Waals surface area (Å²) in [7, 11) is 0. The van der Waals surface area contributed by atoms with Gasteiger partial charge in [0.1, 0.15) is 34.5 Å². The van der Waals surface area contributed by atoms with Crippen molar-refractivity contribution in [1.82, 2.24) is 15.0 Å². The number of hydrogen-bond acceptors (Lipinski definition) is 9. The summed E-state index contributed by atoms with van der Waals surface area (Å²) in [6.07, 6.45) is 0. The van der Waals surface area contributed by atoms with Crippen molar-refractivity contribution in [3.63, 3.8) is 0 Å². The van der Waals surface area contributed by atoms with E-state index in [1.165, 1.54) is 50.1 Å². The van der Waals surface area contributed by atoms with Gasteiger partial charge in [0.05, 0.1) is 0 Å². The average molecular weight is 1490 g/mol. The van der Waals surface area contributed by atoms with Gasteiger partial charge >= 0.3 is 0 Å². The molecule has 0 amide bonds. The molecule has 1 aromatic heterocycles. The minimum absolute atomic E-state index is 0.138. The smallest absolute Gasteiger partial charge is 0.256 e. The van der Waals surface area contributed by atoms with Crippen molar-refractivity contribution in [2.75, 3.05) is 14.7 Å². The summed E-state index contributed by atoms with van der Waals surface area (Å²) in [5, 5.41) is 0. The maximum atomic E-state index is 7.27. The summed E-state index contributed by atoms with van der Waals surface area (Å²) in [6.45, 7) is 47.2. The Balaban J connectivity index is 0.882. The highest BCUT2D eigenvalue weighted by Crippen LogP contribution is 2.50. The zero-order valence-electron chi connectivity index (χ0n) is 69.9. The molecule has 7 heterocycles. The van der Waals surface area contributed by atoms with E-state index in [1.807, 2.05) is 0 Å². The van der Waals surface area contributed by atoms with Gasteiger partial charge in [-0.1, -0.05) is 232 Å². The fourth-order valence-electron chi connectivity index (χ4n) is 18.1. The lowest BCUT2D eigenvalue weighted by molar-refractivity contribution is 0.482. The molecule has 19 rings (SSSR count). The summed E-state index contributed by atoms with van der Waals surface area (Å²) in [5.74, 6) is 6.88. The Morgan fingerprint density at radius 1 is 0.228 bits per heavy atom. The van der Waals surface area contributed by atoms with Crippen LogP contribution in [0.5, 0.6) is 34.5 Å². The molecule has 0 aliphatic carbocycles. The first kappa shape index (κ1) is 72.9. The number of fused-ring (bicyclic) bond motifs is 12. The van der Waals surface area contributed by atoms with E-state index in [0.717, 1.165) is 152 Å². The van der Waals surface area contributed by atoms with Crippen LogP contribution in [0.15, 0.2) is 218 Å². The summed E-state index contributed by atoms with van der Waals surface area (Å²) in [5.41, 5.74) is 32.6. The molecule has 0 radical (unpaired) electrons. The van der Waals surface area contributed by atoms with Crippen LogP contribution >= 0.6 is 0 Å². The normalized spacial score (nSPS) is 14.3. The summed E-state index contributed by atoms with van der Waals surface area (Å²) >= 11 is 0. The molecule has 6 aliphatic rings. The fraction of sp³-hybridized carbons (Fsp3) is 0.265. The minimum Gasteiger partial charge on any atom is -0.458 e. The molecule has 114 heavy (non-hydrogen) atoms. The Kier molecular flexibility index (Phi) is 16.2. The van der Waals surface area contributed by atoms with Crippen LogP contribution in [0.25, 0.3) is 34.2 Å². The number of rotatable bonds is 6.